The molecule has 0 unspecified atom stereocenters. The first kappa shape index (κ1) is 41.6. The number of nitrogens with one attached hydrogen (secondary N) is 2. The number of hydrogen-bond acceptors (Lipinski definition) is 6. The van der Waals surface area contributed by atoms with Crippen LogP contribution in [0.4, 0.5) is 20.2 Å². The highest BCUT2D eigenvalue weighted by atomic mass is 19.1. The van der Waals surface area contributed by atoms with Gasteiger partial charge >= 0.3 is 0 Å². The Bertz CT molecular complexity index is 2610. The van der Waals surface area contributed by atoms with Crippen molar-refractivity contribution in [2.24, 2.45) is 0 Å². The molecule has 0 radical (unpaired) electrons. The molecule has 6 aromatic rings. The number of fused-ring (bicyclic) bond motifs is 1. The maximum Gasteiger partial charge on any atom is 0.258 e. The monoisotopic (exact) mass is 824 g/mol. The van der Waals surface area contributed by atoms with E-state index in [1.165, 1.54) is 43.7 Å². The van der Waals surface area contributed by atoms with Crippen LogP contribution in [0.1, 0.15) is 73.0 Å². The molecule has 0 atom stereocenters. The molecule has 2 aliphatic rings. The van der Waals surface area contributed by atoms with Gasteiger partial charge in [0.15, 0.2) is 0 Å². The Morgan fingerprint density at radius 3 is 2.41 bits per heavy atom. The molecule has 3 N–H and O–H groups in total. The molecule has 0 bridgehead atoms. The molecule has 8 rings (SSSR count). The molecule has 61 heavy (non-hydrogen) atoms. The number of carbonyl (C=O) groups is 3. The third-order valence-electron chi connectivity index (χ3n) is 11.9. The number of anilines is 2. The minimum atomic E-state index is -1.27. The average Bonchev–Trinajstić information content (AvgIpc) is 3.68. The summed E-state index contributed by atoms with van der Waals surface area (Å²) in [5.41, 5.74) is 6.03. The molecular formula is C50H50F2N4O5. The Morgan fingerprint density at radius 1 is 0.902 bits per heavy atom. The summed E-state index contributed by atoms with van der Waals surface area (Å²) in [6, 6.07) is 30.7. The van der Waals surface area contributed by atoms with E-state index in [2.05, 4.69) is 45.5 Å². The van der Waals surface area contributed by atoms with Gasteiger partial charge in [0.1, 0.15) is 29.3 Å². The lowest BCUT2D eigenvalue weighted by Crippen LogP contribution is -2.39. The second-order valence-corrected chi connectivity index (χ2v) is 16.8. The first-order chi connectivity index (χ1) is 29.3. The number of amides is 2. The van der Waals surface area contributed by atoms with E-state index in [4.69, 9.17) is 4.74 Å². The number of aromatic amines is 1. The number of ether oxygens (including phenoxy) is 1. The first-order valence-electron chi connectivity index (χ1n) is 21.0. The third-order valence-corrected chi connectivity index (χ3v) is 11.9. The number of hydrogen-bond donors (Lipinski definition) is 3. The summed E-state index contributed by atoms with van der Waals surface area (Å²) in [6.45, 7) is 8.22. The summed E-state index contributed by atoms with van der Waals surface area (Å²) in [7, 11) is 0. The number of nitrogens with zero attached hydrogens (tertiary/aromatic N) is 2. The van der Waals surface area contributed by atoms with Gasteiger partial charge in [-0.25, -0.2) is 8.78 Å². The molecule has 0 spiro atoms. The molecule has 2 saturated heterocycles. The Labute approximate surface area is 354 Å². The zero-order valence-electron chi connectivity index (χ0n) is 34.7. The van der Waals surface area contributed by atoms with E-state index in [1.54, 1.807) is 11.8 Å². The minimum absolute atomic E-state index is 0.00257. The lowest BCUT2D eigenvalue weighted by Gasteiger charge is -2.32. The van der Waals surface area contributed by atoms with E-state index in [-0.39, 0.29) is 35.5 Å². The normalized spacial score (nSPS) is 15.4. The fourth-order valence-electron chi connectivity index (χ4n) is 8.44. The zero-order chi connectivity index (χ0) is 42.8. The molecule has 5 aromatic carbocycles. The number of carbonyl (C=O) groups excluding carboxylic acids is 3. The maximum absolute atomic E-state index is 15.2. The van der Waals surface area contributed by atoms with Gasteiger partial charge in [-0.3, -0.25) is 14.4 Å². The number of Topliss-reactive ketones (excluding diaryl/α,β-unsaturated/α-hetero) is 1. The van der Waals surface area contributed by atoms with Crippen molar-refractivity contribution in [1.29, 1.82) is 0 Å². The van der Waals surface area contributed by atoms with Gasteiger partial charge < -0.3 is 29.9 Å². The number of benzene rings is 5. The first-order valence-corrected chi connectivity index (χ1v) is 21.0. The quantitative estimate of drug-likeness (QED) is 0.106. The molecular weight excluding hydrogens is 775 g/mol. The second-order valence-electron chi connectivity index (χ2n) is 16.8. The summed E-state index contributed by atoms with van der Waals surface area (Å²) in [5.74, 6) is -1.40. The van der Waals surface area contributed by atoms with Gasteiger partial charge in [-0.2, -0.15) is 0 Å². The third kappa shape index (κ3) is 9.43. The lowest BCUT2D eigenvalue weighted by molar-refractivity contribution is -0.128. The highest BCUT2D eigenvalue weighted by Crippen LogP contribution is 2.37. The van der Waals surface area contributed by atoms with Crippen molar-refractivity contribution in [2.75, 3.05) is 36.4 Å². The van der Waals surface area contributed by atoms with E-state index in [0.29, 0.717) is 29.7 Å². The van der Waals surface area contributed by atoms with E-state index in [0.717, 1.165) is 90.5 Å². The van der Waals surface area contributed by atoms with Crippen molar-refractivity contribution in [3.05, 3.63) is 137 Å². The van der Waals surface area contributed by atoms with Crippen LogP contribution < -0.4 is 15.0 Å². The number of H-pyrrole nitrogens is 1. The SMILES string of the molecule is Cc1c(NC(=O)c2ccc(C(C)(C)O)cc2F)cc(F)cc1-c1cccc2[nH]c(-c3cccc(CCCN4CCC(Oc5ccc(N6CCC(=O)CC6=O)cc5)CC4)c3)cc12. The Morgan fingerprint density at radius 2 is 1.67 bits per heavy atom. The summed E-state index contributed by atoms with van der Waals surface area (Å²) in [5, 5.41) is 13.9. The Kier molecular flexibility index (Phi) is 11.9. The van der Waals surface area contributed by atoms with Crippen LogP contribution in [0.25, 0.3) is 33.3 Å². The number of aliphatic hydroxyl groups is 1. The molecule has 0 saturated carbocycles. The van der Waals surface area contributed by atoms with Crippen molar-refractivity contribution in [3.8, 4) is 28.1 Å². The number of piperidine rings is 2. The van der Waals surface area contributed by atoms with Gasteiger partial charge in [0.2, 0.25) is 5.91 Å². The van der Waals surface area contributed by atoms with E-state index in [9.17, 15) is 23.9 Å². The smallest absolute Gasteiger partial charge is 0.258 e. The Balaban J connectivity index is 0.878. The number of halogens is 2. The fourth-order valence-corrected chi connectivity index (χ4v) is 8.44. The molecule has 0 aliphatic carbocycles. The van der Waals surface area contributed by atoms with Crippen LogP contribution in [0, 0.1) is 18.6 Å². The van der Waals surface area contributed by atoms with Gasteiger partial charge in [-0.1, -0.05) is 36.4 Å². The standard InChI is InChI=1S/C50H50F2N4O5/c1-31-42(27-35(51)28-46(31)54-49(59)41-17-12-34(26-44(41)52)50(2,3)60)40-10-5-11-45-43(40)30-47(53-45)33-9-4-7-32(25-33)8-6-21-55-22-19-39(20-23-55)61-38-15-13-36(14-16-38)56-24-18-37(57)29-48(56)58/h4-5,7,9-17,25-28,30,39,53,60H,6,8,18-24,29H2,1-3H3,(H,54,59). The fraction of sp³-hybridized carbons (Fsp3) is 0.300. The topological polar surface area (TPSA) is 115 Å². The van der Waals surface area contributed by atoms with Crippen molar-refractivity contribution < 1.29 is 33.0 Å². The lowest BCUT2D eigenvalue weighted by atomic mass is 9.95. The summed E-state index contributed by atoms with van der Waals surface area (Å²) in [4.78, 5) is 44.8. The van der Waals surface area contributed by atoms with Crippen LogP contribution in [-0.4, -0.2) is 64.9 Å². The molecule has 314 valence electrons. The molecule has 11 heteroatoms. The predicted octanol–water partition coefficient (Wildman–Crippen LogP) is 9.74. The number of ketones is 1. The second kappa shape index (κ2) is 17.4. The van der Waals surface area contributed by atoms with Gasteiger partial charge in [-0.05, 0) is 153 Å². The van der Waals surface area contributed by atoms with Gasteiger partial charge in [-0.15, -0.1) is 0 Å². The van der Waals surface area contributed by atoms with Crippen LogP contribution in [0.5, 0.6) is 5.75 Å². The summed E-state index contributed by atoms with van der Waals surface area (Å²) in [6.07, 6.45) is 4.34. The van der Waals surface area contributed by atoms with Crippen LogP contribution in [0.15, 0.2) is 103 Å². The molecule has 2 fully saturated rings. The molecule has 1 aromatic heterocycles. The van der Waals surface area contributed by atoms with Gasteiger partial charge in [0.25, 0.3) is 5.91 Å². The minimum Gasteiger partial charge on any atom is -0.490 e. The zero-order valence-corrected chi connectivity index (χ0v) is 34.7. The summed E-state index contributed by atoms with van der Waals surface area (Å²) < 4.78 is 36.5. The highest BCUT2D eigenvalue weighted by Gasteiger charge is 2.26. The van der Waals surface area contributed by atoms with Gasteiger partial charge in [0, 0.05) is 54.0 Å². The Hall–Kier alpha value is -6.17. The molecule has 2 aliphatic heterocycles. The van der Waals surface area contributed by atoms with Gasteiger partial charge in [0.05, 0.1) is 17.6 Å². The highest BCUT2D eigenvalue weighted by molar-refractivity contribution is 6.08. The van der Waals surface area contributed by atoms with E-state index < -0.39 is 23.1 Å². The number of aryl methyl sites for hydroxylation is 1. The number of likely N-dealkylation sites (tertiary alicyclic amines) is 1. The van der Waals surface area contributed by atoms with Crippen LogP contribution in [0.3, 0.4) is 0 Å². The predicted molar refractivity (Wildman–Crippen MR) is 235 cm³/mol. The van der Waals surface area contributed by atoms with Crippen LogP contribution >= 0.6 is 0 Å². The van der Waals surface area contributed by atoms with Crippen molar-refractivity contribution >= 4 is 39.9 Å². The number of rotatable bonds is 12. The van der Waals surface area contributed by atoms with Crippen LogP contribution in [0.2, 0.25) is 0 Å². The van der Waals surface area contributed by atoms with E-state index in [1.807, 2.05) is 42.5 Å². The number of aromatic nitrogens is 1. The van der Waals surface area contributed by atoms with Crippen molar-refractivity contribution in [1.82, 2.24) is 9.88 Å². The molecule has 9 nitrogen and oxygen atoms in total. The van der Waals surface area contributed by atoms with Crippen molar-refractivity contribution in [2.45, 2.75) is 71.0 Å². The summed E-state index contributed by atoms with van der Waals surface area (Å²) >= 11 is 0. The van der Waals surface area contributed by atoms with Crippen LogP contribution in [-0.2, 0) is 21.6 Å². The molecule has 2 amide bonds. The maximum atomic E-state index is 15.2. The molecule has 3 heterocycles. The van der Waals surface area contributed by atoms with E-state index >= 15 is 4.39 Å². The average molecular weight is 825 g/mol. The van der Waals surface area contributed by atoms with Crippen molar-refractivity contribution in [3.63, 3.8) is 0 Å². The largest absolute Gasteiger partial charge is 0.490 e.